The number of halogens is 2. The van der Waals surface area contributed by atoms with Crippen LogP contribution in [0.3, 0.4) is 0 Å². The van der Waals surface area contributed by atoms with E-state index < -0.39 is 11.7 Å². The summed E-state index contributed by atoms with van der Waals surface area (Å²) in [6.07, 6.45) is 6.06. The Hall–Kier alpha value is -3.02. The molecule has 0 spiro atoms. The second-order valence-corrected chi connectivity index (χ2v) is 12.2. The van der Waals surface area contributed by atoms with Crippen LogP contribution in [0.1, 0.15) is 76.8 Å². The van der Waals surface area contributed by atoms with E-state index in [0.717, 1.165) is 31.2 Å². The number of nitrogens with two attached hydrogens (primary N) is 1. The van der Waals surface area contributed by atoms with Crippen LogP contribution in [0.25, 0.3) is 0 Å². The summed E-state index contributed by atoms with van der Waals surface area (Å²) in [5, 5.41) is 10.0. The Balaban J connectivity index is 0.000000482. The quantitative estimate of drug-likeness (QED) is 0.413. The minimum atomic E-state index is -0.725. The molecule has 1 saturated carbocycles. The summed E-state index contributed by atoms with van der Waals surface area (Å²) in [4.78, 5) is 29.6. The van der Waals surface area contributed by atoms with Gasteiger partial charge >= 0.3 is 6.09 Å². The molecule has 10 heteroatoms. The minimum Gasteiger partial charge on any atom is -0.474 e. The van der Waals surface area contributed by atoms with E-state index >= 15 is 0 Å². The highest BCUT2D eigenvalue weighted by Gasteiger charge is 2.42. The number of primary amides is 1. The van der Waals surface area contributed by atoms with Gasteiger partial charge in [0.05, 0.1) is 15.6 Å². The van der Waals surface area contributed by atoms with Gasteiger partial charge in [-0.15, -0.1) is 0 Å². The van der Waals surface area contributed by atoms with Crippen molar-refractivity contribution in [3.63, 3.8) is 0 Å². The summed E-state index contributed by atoms with van der Waals surface area (Å²) in [5.41, 5.74) is 5.82. The lowest BCUT2D eigenvalue weighted by Crippen LogP contribution is -2.36. The second kappa shape index (κ2) is 14.0. The number of likely N-dealkylation sites (tertiary alicyclic amines) is 1. The van der Waals surface area contributed by atoms with Crippen LogP contribution < -0.4 is 10.5 Å². The molecule has 1 aliphatic heterocycles. The van der Waals surface area contributed by atoms with E-state index in [2.05, 4.69) is 15.8 Å². The van der Waals surface area contributed by atoms with Crippen molar-refractivity contribution in [3.8, 4) is 11.9 Å². The lowest BCUT2D eigenvalue weighted by molar-refractivity contribution is -0.135. The zero-order valence-electron chi connectivity index (χ0n) is 23.5. The van der Waals surface area contributed by atoms with E-state index in [9.17, 15) is 9.59 Å². The molecule has 2 amide bonds. The molecule has 1 aliphatic carbocycles. The smallest absolute Gasteiger partial charge is 0.405 e. The van der Waals surface area contributed by atoms with Gasteiger partial charge < -0.3 is 20.1 Å². The maximum absolute atomic E-state index is 13.3. The predicted octanol–water partition coefficient (Wildman–Crippen LogP) is 6.73. The molecule has 2 fully saturated rings. The fourth-order valence-corrected chi connectivity index (χ4v) is 5.59. The molecule has 1 saturated heterocycles. The molecule has 0 bridgehead atoms. The number of hydrogen-bond acceptors (Lipinski definition) is 6. The first-order chi connectivity index (χ1) is 18.9. The number of ether oxygens (including phenoxy) is 2. The van der Waals surface area contributed by atoms with Crippen molar-refractivity contribution < 1.29 is 19.1 Å². The Morgan fingerprint density at radius 3 is 2.33 bits per heavy atom. The Morgan fingerprint density at radius 2 is 1.80 bits per heavy atom. The van der Waals surface area contributed by atoms with Crippen LogP contribution in [0.5, 0.6) is 5.88 Å². The number of hydrogen-bond donors (Lipinski definition) is 1. The van der Waals surface area contributed by atoms with E-state index in [0.29, 0.717) is 34.6 Å². The number of aromatic nitrogens is 1. The zero-order valence-corrected chi connectivity index (χ0v) is 25.0. The van der Waals surface area contributed by atoms with Gasteiger partial charge in [-0.3, -0.25) is 4.79 Å². The van der Waals surface area contributed by atoms with Gasteiger partial charge in [0.2, 0.25) is 11.8 Å². The Kier molecular flexibility index (Phi) is 11.1. The summed E-state index contributed by atoms with van der Waals surface area (Å²) in [6, 6.07) is 11.2. The van der Waals surface area contributed by atoms with Crippen LogP contribution in [0.15, 0.2) is 36.5 Å². The monoisotopic (exact) mass is 588 g/mol. The maximum atomic E-state index is 13.3. The number of nitrogens with zero attached hydrogens (tertiary/aromatic N) is 3. The normalized spacial score (nSPS) is 20.1. The van der Waals surface area contributed by atoms with E-state index in [4.69, 9.17) is 38.9 Å². The molecule has 2 aromatic rings. The Bertz CT molecular complexity index is 1200. The van der Waals surface area contributed by atoms with Crippen LogP contribution in [0.2, 0.25) is 10.0 Å². The van der Waals surface area contributed by atoms with Crippen molar-refractivity contribution in [3.05, 3.63) is 57.7 Å². The summed E-state index contributed by atoms with van der Waals surface area (Å²) in [7, 11) is 0. The second-order valence-electron chi connectivity index (χ2n) is 11.4. The first-order valence-corrected chi connectivity index (χ1v) is 14.4. The van der Waals surface area contributed by atoms with Crippen LogP contribution in [-0.4, -0.2) is 46.7 Å². The van der Waals surface area contributed by atoms with Crippen molar-refractivity contribution in [1.82, 2.24) is 9.88 Å². The van der Waals surface area contributed by atoms with E-state index in [1.165, 1.54) is 12.6 Å². The highest BCUT2D eigenvalue weighted by atomic mass is 35.5. The highest BCUT2D eigenvalue weighted by molar-refractivity contribution is 6.42. The lowest BCUT2D eigenvalue weighted by Gasteiger charge is -2.27. The maximum Gasteiger partial charge on any atom is 0.405 e. The third-order valence-corrected chi connectivity index (χ3v) is 7.92. The SMILES string of the molecule is CC(C)(C)OC(N)=O.C[C@H](Oc1ccc(C#N)cn1)C1CN(C(=O)C2CCCCC2)C[C@@H]1c1ccc(Cl)c(Cl)c1. The van der Waals surface area contributed by atoms with Gasteiger partial charge in [-0.2, -0.15) is 5.26 Å². The Morgan fingerprint density at radius 1 is 1.10 bits per heavy atom. The number of carbonyl (C=O) groups is 2. The van der Waals surface area contributed by atoms with Crippen LogP contribution in [-0.2, 0) is 9.53 Å². The molecule has 2 N–H and O–H groups in total. The summed E-state index contributed by atoms with van der Waals surface area (Å²) >= 11 is 12.5. The van der Waals surface area contributed by atoms with Crippen molar-refractivity contribution in [1.29, 1.82) is 5.26 Å². The first kappa shape index (κ1) is 31.5. The van der Waals surface area contributed by atoms with E-state index in [1.807, 2.05) is 30.0 Å². The minimum absolute atomic E-state index is 0.0808. The van der Waals surface area contributed by atoms with Gasteiger partial charge in [-0.1, -0.05) is 48.5 Å². The average Bonchev–Trinajstić information content (AvgIpc) is 3.35. The molecule has 1 aromatic carbocycles. The summed E-state index contributed by atoms with van der Waals surface area (Å²) in [6.45, 7) is 8.58. The van der Waals surface area contributed by atoms with Gasteiger partial charge in [0, 0.05) is 43.1 Å². The summed E-state index contributed by atoms with van der Waals surface area (Å²) in [5.74, 6) is 1.04. The number of rotatable bonds is 5. The topological polar surface area (TPSA) is 119 Å². The van der Waals surface area contributed by atoms with Crippen LogP contribution in [0, 0.1) is 23.2 Å². The van der Waals surface area contributed by atoms with E-state index in [-0.39, 0.29) is 29.8 Å². The molecule has 1 unspecified atom stereocenters. The Labute approximate surface area is 246 Å². The van der Waals surface area contributed by atoms with Gasteiger partial charge in [0.15, 0.2) is 0 Å². The molecule has 3 atom stereocenters. The van der Waals surface area contributed by atoms with E-state index in [1.54, 1.807) is 32.9 Å². The van der Waals surface area contributed by atoms with Gasteiger partial charge in [0.1, 0.15) is 17.8 Å². The number of carbonyl (C=O) groups excluding carboxylic acids is 2. The fraction of sp³-hybridized carbons (Fsp3) is 0.533. The molecule has 4 rings (SSSR count). The molecule has 2 aliphatic rings. The molecule has 1 aromatic heterocycles. The summed E-state index contributed by atoms with van der Waals surface area (Å²) < 4.78 is 10.7. The van der Waals surface area contributed by atoms with Gasteiger partial charge in [0.25, 0.3) is 0 Å². The third kappa shape index (κ3) is 9.00. The van der Waals surface area contributed by atoms with Crippen molar-refractivity contribution in [2.24, 2.45) is 17.6 Å². The fourth-order valence-electron chi connectivity index (χ4n) is 5.28. The standard InChI is InChI=1S/C25H27Cl2N3O2.C5H11NO2/c1-16(32-24-10-7-17(12-28)13-29-24)20-14-30(25(31)18-5-3-2-4-6-18)15-21(20)19-8-9-22(26)23(27)11-19;1-5(2,3)8-4(6)7/h7-11,13,16,18,20-21H,2-6,14-15H2,1H3;1-3H3,(H2,6,7)/t16-,20?,21+;/m0./s1. The molecular weight excluding hydrogens is 551 g/mol. The molecule has 2 heterocycles. The zero-order chi connectivity index (χ0) is 29.4. The number of benzene rings is 1. The average molecular weight is 590 g/mol. The lowest BCUT2D eigenvalue weighted by atomic mass is 9.86. The van der Waals surface area contributed by atoms with Crippen molar-refractivity contribution >= 4 is 35.2 Å². The molecular formula is C30H38Cl2N4O4. The molecule has 216 valence electrons. The predicted molar refractivity (Wildman–Crippen MR) is 155 cm³/mol. The number of nitriles is 1. The highest BCUT2D eigenvalue weighted by Crippen LogP contribution is 2.39. The van der Waals surface area contributed by atoms with Crippen LogP contribution in [0.4, 0.5) is 4.79 Å². The first-order valence-electron chi connectivity index (χ1n) is 13.6. The van der Waals surface area contributed by atoms with Crippen molar-refractivity contribution in [2.75, 3.05) is 13.1 Å². The molecule has 40 heavy (non-hydrogen) atoms. The third-order valence-electron chi connectivity index (χ3n) is 7.18. The van der Waals surface area contributed by atoms with Gasteiger partial charge in [-0.25, -0.2) is 9.78 Å². The molecule has 0 radical (unpaired) electrons. The van der Waals surface area contributed by atoms with Crippen LogP contribution >= 0.6 is 23.2 Å². The van der Waals surface area contributed by atoms with Gasteiger partial charge in [-0.05, 0) is 64.3 Å². The number of amides is 2. The van der Waals surface area contributed by atoms with Crippen molar-refractivity contribution in [2.45, 2.75) is 77.4 Å². The largest absolute Gasteiger partial charge is 0.474 e. The molecule has 8 nitrogen and oxygen atoms in total. The number of pyridine rings is 1.